The number of anilines is 1. The van der Waals surface area contributed by atoms with Crippen LogP contribution in [0.4, 0.5) is 5.69 Å². The Balaban J connectivity index is 2.91. The molecule has 4 nitrogen and oxygen atoms in total. The molecule has 0 unspecified atom stereocenters. The van der Waals surface area contributed by atoms with Crippen molar-refractivity contribution in [2.45, 2.75) is 13.5 Å². The van der Waals surface area contributed by atoms with Crippen molar-refractivity contribution < 1.29 is 9.84 Å². The first-order valence-electron chi connectivity index (χ1n) is 6.56. The van der Waals surface area contributed by atoms with Crippen LogP contribution in [-0.2, 0) is 11.3 Å². The SMILES string of the molecule is CCNCc1cc(Br)ccc1N(CCO)CCOC. The number of halogens is 1. The molecule has 0 fully saturated rings. The topological polar surface area (TPSA) is 44.7 Å². The second-order valence-corrected chi connectivity index (χ2v) is 5.17. The van der Waals surface area contributed by atoms with Gasteiger partial charge < -0.3 is 20.1 Å². The predicted octanol–water partition coefficient (Wildman–Crippen LogP) is 2.00. The molecule has 0 heterocycles. The molecule has 0 aliphatic rings. The highest BCUT2D eigenvalue weighted by Crippen LogP contribution is 2.24. The summed E-state index contributed by atoms with van der Waals surface area (Å²) in [5.41, 5.74) is 2.37. The van der Waals surface area contributed by atoms with Gasteiger partial charge in [-0.3, -0.25) is 0 Å². The molecule has 19 heavy (non-hydrogen) atoms. The Kier molecular flexibility index (Phi) is 8.05. The van der Waals surface area contributed by atoms with Crippen LogP contribution in [-0.4, -0.2) is 45.1 Å². The van der Waals surface area contributed by atoms with Gasteiger partial charge in [0.2, 0.25) is 0 Å². The summed E-state index contributed by atoms with van der Waals surface area (Å²) in [5.74, 6) is 0. The number of hydrogen-bond donors (Lipinski definition) is 2. The fraction of sp³-hybridized carbons (Fsp3) is 0.571. The summed E-state index contributed by atoms with van der Waals surface area (Å²) >= 11 is 3.51. The van der Waals surface area contributed by atoms with Crippen LogP contribution in [0.15, 0.2) is 22.7 Å². The summed E-state index contributed by atoms with van der Waals surface area (Å²) in [6, 6.07) is 6.24. The molecule has 0 bridgehead atoms. The number of methoxy groups -OCH3 is 1. The lowest BCUT2D eigenvalue weighted by Crippen LogP contribution is -2.31. The van der Waals surface area contributed by atoms with Crippen LogP contribution >= 0.6 is 15.9 Å². The Hall–Kier alpha value is -0.620. The number of rotatable bonds is 9. The Morgan fingerprint density at radius 1 is 1.37 bits per heavy atom. The van der Waals surface area contributed by atoms with E-state index >= 15 is 0 Å². The Labute approximate surface area is 123 Å². The van der Waals surface area contributed by atoms with Crippen LogP contribution in [0.1, 0.15) is 12.5 Å². The van der Waals surface area contributed by atoms with Crippen LogP contribution in [0.2, 0.25) is 0 Å². The molecule has 0 aromatic heterocycles. The first-order chi connectivity index (χ1) is 9.22. The average molecular weight is 331 g/mol. The van der Waals surface area contributed by atoms with Crippen molar-refractivity contribution >= 4 is 21.6 Å². The average Bonchev–Trinajstić information content (AvgIpc) is 2.41. The summed E-state index contributed by atoms with van der Waals surface area (Å²) in [6.45, 7) is 6.03. The van der Waals surface area contributed by atoms with Crippen molar-refractivity contribution in [3.05, 3.63) is 28.2 Å². The first kappa shape index (κ1) is 16.4. The van der Waals surface area contributed by atoms with E-state index in [0.29, 0.717) is 13.2 Å². The molecular formula is C14H23BrN2O2. The van der Waals surface area contributed by atoms with E-state index < -0.39 is 0 Å². The first-order valence-corrected chi connectivity index (χ1v) is 7.36. The van der Waals surface area contributed by atoms with Crippen molar-refractivity contribution in [3.8, 4) is 0 Å². The third kappa shape index (κ3) is 5.48. The Bertz CT molecular complexity index is 374. The third-order valence-corrected chi connectivity index (χ3v) is 3.38. The second-order valence-electron chi connectivity index (χ2n) is 4.26. The highest BCUT2D eigenvalue weighted by molar-refractivity contribution is 9.10. The molecule has 1 rings (SSSR count). The molecule has 5 heteroatoms. The fourth-order valence-electron chi connectivity index (χ4n) is 1.94. The molecule has 0 aliphatic heterocycles. The maximum Gasteiger partial charge on any atom is 0.0637 e. The summed E-state index contributed by atoms with van der Waals surface area (Å²) in [7, 11) is 1.69. The molecule has 0 amide bonds. The van der Waals surface area contributed by atoms with E-state index in [2.05, 4.69) is 45.2 Å². The monoisotopic (exact) mass is 330 g/mol. The smallest absolute Gasteiger partial charge is 0.0637 e. The molecule has 1 aromatic carbocycles. The minimum Gasteiger partial charge on any atom is -0.395 e. The van der Waals surface area contributed by atoms with Gasteiger partial charge in [0.1, 0.15) is 0 Å². The highest BCUT2D eigenvalue weighted by Gasteiger charge is 2.11. The molecule has 108 valence electrons. The van der Waals surface area contributed by atoms with Gasteiger partial charge >= 0.3 is 0 Å². The minimum absolute atomic E-state index is 0.139. The number of aliphatic hydroxyl groups excluding tert-OH is 1. The van der Waals surface area contributed by atoms with E-state index in [4.69, 9.17) is 4.74 Å². The summed E-state index contributed by atoms with van der Waals surface area (Å²) < 4.78 is 6.21. The van der Waals surface area contributed by atoms with Crippen molar-refractivity contribution in [2.75, 3.05) is 44.9 Å². The lowest BCUT2D eigenvalue weighted by atomic mass is 10.1. The van der Waals surface area contributed by atoms with Gasteiger partial charge in [0.25, 0.3) is 0 Å². The molecule has 2 N–H and O–H groups in total. The van der Waals surface area contributed by atoms with Gasteiger partial charge in [-0.25, -0.2) is 0 Å². The zero-order chi connectivity index (χ0) is 14.1. The van der Waals surface area contributed by atoms with Crippen LogP contribution in [0.3, 0.4) is 0 Å². The third-order valence-electron chi connectivity index (χ3n) is 2.88. The van der Waals surface area contributed by atoms with Crippen molar-refractivity contribution in [3.63, 3.8) is 0 Å². The quantitative estimate of drug-likeness (QED) is 0.727. The van der Waals surface area contributed by atoms with Crippen LogP contribution in [0.5, 0.6) is 0 Å². The number of benzene rings is 1. The van der Waals surface area contributed by atoms with E-state index in [1.807, 2.05) is 6.07 Å². The van der Waals surface area contributed by atoms with E-state index in [1.54, 1.807) is 7.11 Å². The lowest BCUT2D eigenvalue weighted by Gasteiger charge is -2.26. The van der Waals surface area contributed by atoms with E-state index in [9.17, 15) is 5.11 Å². The van der Waals surface area contributed by atoms with E-state index in [-0.39, 0.29) is 6.61 Å². The van der Waals surface area contributed by atoms with Gasteiger partial charge in [-0.2, -0.15) is 0 Å². The van der Waals surface area contributed by atoms with Crippen LogP contribution in [0, 0.1) is 0 Å². The Morgan fingerprint density at radius 2 is 2.16 bits per heavy atom. The summed E-state index contributed by atoms with van der Waals surface area (Å²) in [5, 5.41) is 12.6. The number of nitrogens with one attached hydrogen (secondary N) is 1. The molecule has 0 saturated carbocycles. The van der Waals surface area contributed by atoms with Crippen molar-refractivity contribution in [1.82, 2.24) is 5.32 Å². The van der Waals surface area contributed by atoms with Gasteiger partial charge in [-0.1, -0.05) is 22.9 Å². The van der Waals surface area contributed by atoms with E-state index in [0.717, 1.165) is 29.8 Å². The second kappa shape index (κ2) is 9.31. The van der Waals surface area contributed by atoms with Gasteiger partial charge in [0, 0.05) is 36.9 Å². The van der Waals surface area contributed by atoms with Crippen molar-refractivity contribution in [1.29, 1.82) is 0 Å². The molecule has 1 aromatic rings. The zero-order valence-corrected chi connectivity index (χ0v) is 13.2. The lowest BCUT2D eigenvalue weighted by molar-refractivity contribution is 0.203. The van der Waals surface area contributed by atoms with Crippen molar-refractivity contribution in [2.24, 2.45) is 0 Å². The molecule has 0 saturated heterocycles. The van der Waals surface area contributed by atoms with E-state index in [1.165, 1.54) is 5.56 Å². The summed E-state index contributed by atoms with van der Waals surface area (Å²) in [6.07, 6.45) is 0. The summed E-state index contributed by atoms with van der Waals surface area (Å²) in [4.78, 5) is 2.16. The molecular weight excluding hydrogens is 308 g/mol. The van der Waals surface area contributed by atoms with Gasteiger partial charge in [0.05, 0.1) is 13.2 Å². The molecule has 0 spiro atoms. The predicted molar refractivity (Wildman–Crippen MR) is 82.7 cm³/mol. The maximum absolute atomic E-state index is 9.21. The number of hydrogen-bond acceptors (Lipinski definition) is 4. The van der Waals surface area contributed by atoms with Gasteiger partial charge in [-0.15, -0.1) is 0 Å². The maximum atomic E-state index is 9.21. The largest absolute Gasteiger partial charge is 0.395 e. The zero-order valence-electron chi connectivity index (χ0n) is 11.7. The number of nitrogens with zero attached hydrogens (tertiary/aromatic N) is 1. The minimum atomic E-state index is 0.139. The normalized spacial score (nSPS) is 10.7. The molecule has 0 atom stereocenters. The standard InChI is InChI=1S/C14H23BrN2O2/c1-3-16-11-12-10-13(15)4-5-14(12)17(6-8-18)7-9-19-2/h4-5,10,16,18H,3,6-9,11H2,1-2H3. The number of aliphatic hydroxyl groups is 1. The van der Waals surface area contributed by atoms with Gasteiger partial charge in [0.15, 0.2) is 0 Å². The Morgan fingerprint density at radius 3 is 2.79 bits per heavy atom. The van der Waals surface area contributed by atoms with Crippen LogP contribution in [0.25, 0.3) is 0 Å². The fourth-order valence-corrected chi connectivity index (χ4v) is 2.35. The van der Waals surface area contributed by atoms with Crippen LogP contribution < -0.4 is 10.2 Å². The molecule has 0 aliphatic carbocycles. The number of ether oxygens (including phenoxy) is 1. The highest BCUT2D eigenvalue weighted by atomic mass is 79.9. The van der Waals surface area contributed by atoms with Gasteiger partial charge in [-0.05, 0) is 30.3 Å². The molecule has 0 radical (unpaired) electrons.